The second-order valence-electron chi connectivity index (χ2n) is 6.92. The van der Waals surface area contributed by atoms with Crippen LogP contribution in [0.1, 0.15) is 12.5 Å². The van der Waals surface area contributed by atoms with Crippen LogP contribution in [0.25, 0.3) is 6.08 Å². The Balaban J connectivity index is 2.03. The van der Waals surface area contributed by atoms with Gasteiger partial charge in [0.25, 0.3) is 15.9 Å². The molecule has 7 nitrogen and oxygen atoms in total. The number of carbonyl (C=O) groups excluding carboxylic acids is 1. The summed E-state index contributed by atoms with van der Waals surface area (Å²) in [7, 11) is -1.28. The van der Waals surface area contributed by atoms with Crippen molar-refractivity contribution in [3.05, 3.63) is 83.4 Å². The van der Waals surface area contributed by atoms with E-state index in [2.05, 4.69) is 0 Å². The molecular formula is C25H24ClNO6S. The van der Waals surface area contributed by atoms with Crippen molar-refractivity contribution in [3.8, 4) is 17.2 Å². The van der Waals surface area contributed by atoms with E-state index in [9.17, 15) is 13.2 Å². The van der Waals surface area contributed by atoms with Crippen molar-refractivity contribution in [2.24, 2.45) is 0 Å². The molecule has 0 radical (unpaired) electrons. The highest BCUT2D eigenvalue weighted by Gasteiger charge is 2.30. The molecule has 178 valence electrons. The second-order valence-corrected chi connectivity index (χ2v) is 9.11. The number of benzene rings is 3. The Bertz CT molecular complexity index is 1290. The number of methoxy groups -OCH3 is 2. The van der Waals surface area contributed by atoms with Crippen molar-refractivity contribution in [2.45, 2.75) is 11.8 Å². The van der Waals surface area contributed by atoms with Gasteiger partial charge in [0.15, 0.2) is 11.5 Å². The summed E-state index contributed by atoms with van der Waals surface area (Å²) in [5.41, 5.74) is 0.701. The zero-order chi connectivity index (χ0) is 24.7. The van der Waals surface area contributed by atoms with Gasteiger partial charge >= 0.3 is 0 Å². The third-order valence-electron chi connectivity index (χ3n) is 4.76. The van der Waals surface area contributed by atoms with E-state index >= 15 is 0 Å². The summed E-state index contributed by atoms with van der Waals surface area (Å²) < 4.78 is 43.5. The van der Waals surface area contributed by atoms with E-state index in [1.165, 1.54) is 56.7 Å². The summed E-state index contributed by atoms with van der Waals surface area (Å²) in [5, 5.41) is 0.168. The fourth-order valence-corrected chi connectivity index (χ4v) is 4.81. The highest BCUT2D eigenvalue weighted by atomic mass is 35.5. The van der Waals surface area contributed by atoms with E-state index in [4.69, 9.17) is 25.8 Å². The molecule has 0 aromatic heterocycles. The van der Waals surface area contributed by atoms with E-state index in [0.717, 1.165) is 0 Å². The van der Waals surface area contributed by atoms with Gasteiger partial charge in [-0.1, -0.05) is 35.9 Å². The van der Waals surface area contributed by atoms with Gasteiger partial charge in [0.05, 0.1) is 36.4 Å². The molecule has 0 aliphatic heterocycles. The first-order valence-electron chi connectivity index (χ1n) is 10.3. The Labute approximate surface area is 204 Å². The highest BCUT2D eigenvalue weighted by Crippen LogP contribution is 2.33. The number of sulfonamides is 1. The number of ether oxygens (including phenoxy) is 3. The Morgan fingerprint density at radius 1 is 0.941 bits per heavy atom. The summed E-state index contributed by atoms with van der Waals surface area (Å²) in [5.74, 6) is 0.631. The van der Waals surface area contributed by atoms with Crippen LogP contribution in [0.4, 0.5) is 5.69 Å². The van der Waals surface area contributed by atoms with Crippen LogP contribution in [-0.4, -0.2) is 35.2 Å². The fraction of sp³-hybridized carbons (Fsp3) is 0.160. The van der Waals surface area contributed by atoms with E-state index in [0.29, 0.717) is 33.7 Å². The van der Waals surface area contributed by atoms with E-state index < -0.39 is 15.9 Å². The molecule has 0 N–H and O–H groups in total. The van der Waals surface area contributed by atoms with Gasteiger partial charge < -0.3 is 14.2 Å². The molecule has 0 fully saturated rings. The van der Waals surface area contributed by atoms with E-state index in [-0.39, 0.29) is 15.6 Å². The molecule has 0 spiro atoms. The lowest BCUT2D eigenvalue weighted by atomic mass is 10.2. The van der Waals surface area contributed by atoms with Gasteiger partial charge in [-0.2, -0.15) is 4.31 Å². The summed E-state index contributed by atoms with van der Waals surface area (Å²) in [6.45, 7) is 2.33. The zero-order valence-corrected chi connectivity index (χ0v) is 20.5. The van der Waals surface area contributed by atoms with Gasteiger partial charge in [0.1, 0.15) is 5.75 Å². The number of anilines is 1. The number of rotatable bonds is 9. The van der Waals surface area contributed by atoms with E-state index in [1.807, 2.05) is 6.92 Å². The second kappa shape index (κ2) is 11.1. The van der Waals surface area contributed by atoms with Crippen LogP contribution in [0, 0.1) is 0 Å². The average molecular weight is 502 g/mol. The molecule has 0 aliphatic carbocycles. The molecule has 3 aromatic rings. The summed E-state index contributed by atoms with van der Waals surface area (Å²) in [6.07, 6.45) is 2.67. The fourth-order valence-electron chi connectivity index (χ4n) is 3.16. The molecule has 0 heterocycles. The number of hydrogen-bond donors (Lipinski definition) is 0. The quantitative estimate of drug-likeness (QED) is 0.375. The topological polar surface area (TPSA) is 82.1 Å². The van der Waals surface area contributed by atoms with Gasteiger partial charge in [-0.3, -0.25) is 4.79 Å². The molecule has 0 saturated carbocycles. The molecule has 34 heavy (non-hydrogen) atoms. The minimum absolute atomic E-state index is 0.0357. The molecule has 3 rings (SSSR count). The van der Waals surface area contributed by atoms with Crippen LogP contribution in [0.3, 0.4) is 0 Å². The zero-order valence-electron chi connectivity index (χ0n) is 18.9. The first-order valence-corrected chi connectivity index (χ1v) is 12.1. The monoisotopic (exact) mass is 501 g/mol. The third kappa shape index (κ3) is 5.52. The van der Waals surface area contributed by atoms with Crippen molar-refractivity contribution in [3.63, 3.8) is 0 Å². The molecule has 0 atom stereocenters. The van der Waals surface area contributed by atoms with Crippen molar-refractivity contribution >= 4 is 39.3 Å². The Morgan fingerprint density at radius 3 is 2.24 bits per heavy atom. The maximum atomic E-state index is 13.4. The molecule has 0 bridgehead atoms. The van der Waals surface area contributed by atoms with Crippen LogP contribution in [-0.2, 0) is 14.8 Å². The Morgan fingerprint density at radius 2 is 1.62 bits per heavy atom. The van der Waals surface area contributed by atoms with Crippen LogP contribution in [0.2, 0.25) is 5.02 Å². The van der Waals surface area contributed by atoms with Crippen LogP contribution in [0.5, 0.6) is 17.2 Å². The maximum Gasteiger partial charge on any atom is 0.271 e. The van der Waals surface area contributed by atoms with Gasteiger partial charge in [0, 0.05) is 6.08 Å². The molecule has 9 heteroatoms. The standard InChI is InChI=1S/C25H24ClNO6S/c1-4-33-23-13-10-18(16-24(23)32-3)11-15-25(28)27(19-12-14-22(31-2)21(26)17-19)34(29,30)20-8-6-5-7-9-20/h5-17H,4H2,1-3H3/b15-11+. The molecule has 0 unspecified atom stereocenters. The summed E-state index contributed by atoms with van der Waals surface area (Å²) in [4.78, 5) is 13.2. The first-order chi connectivity index (χ1) is 16.3. The molecule has 0 aliphatic rings. The number of amides is 1. The molecule has 1 amide bonds. The van der Waals surface area contributed by atoms with Gasteiger partial charge in [-0.15, -0.1) is 0 Å². The van der Waals surface area contributed by atoms with Gasteiger partial charge in [-0.25, -0.2) is 8.42 Å². The molecule has 3 aromatic carbocycles. The van der Waals surface area contributed by atoms with E-state index in [1.54, 1.807) is 36.4 Å². The molecular weight excluding hydrogens is 478 g/mol. The smallest absolute Gasteiger partial charge is 0.271 e. The minimum atomic E-state index is -4.23. The number of hydrogen-bond acceptors (Lipinski definition) is 6. The summed E-state index contributed by atoms with van der Waals surface area (Å²) >= 11 is 6.22. The average Bonchev–Trinajstić information content (AvgIpc) is 2.84. The highest BCUT2D eigenvalue weighted by molar-refractivity contribution is 7.93. The number of halogens is 1. The third-order valence-corrected chi connectivity index (χ3v) is 6.79. The van der Waals surface area contributed by atoms with Crippen molar-refractivity contribution in [1.82, 2.24) is 0 Å². The minimum Gasteiger partial charge on any atom is -0.495 e. The lowest BCUT2D eigenvalue weighted by Gasteiger charge is -2.22. The van der Waals surface area contributed by atoms with Crippen molar-refractivity contribution in [1.29, 1.82) is 0 Å². The predicted octanol–water partition coefficient (Wildman–Crippen LogP) is 5.19. The van der Waals surface area contributed by atoms with Gasteiger partial charge in [-0.05, 0) is 61.0 Å². The Kier molecular flexibility index (Phi) is 8.20. The molecule has 0 saturated heterocycles. The van der Waals surface area contributed by atoms with Crippen molar-refractivity contribution < 1.29 is 27.4 Å². The normalized spacial score (nSPS) is 11.3. The van der Waals surface area contributed by atoms with Crippen molar-refractivity contribution in [2.75, 3.05) is 25.1 Å². The van der Waals surface area contributed by atoms with Crippen LogP contribution >= 0.6 is 11.6 Å². The Hall–Kier alpha value is -3.49. The first kappa shape index (κ1) is 25.1. The lowest BCUT2D eigenvalue weighted by molar-refractivity contribution is -0.113. The maximum absolute atomic E-state index is 13.4. The largest absolute Gasteiger partial charge is 0.495 e. The van der Waals surface area contributed by atoms with Gasteiger partial charge in [0.2, 0.25) is 0 Å². The van der Waals surface area contributed by atoms with Crippen LogP contribution in [0.15, 0.2) is 77.7 Å². The number of nitrogens with zero attached hydrogens (tertiary/aromatic N) is 1. The van der Waals surface area contributed by atoms with Crippen LogP contribution < -0.4 is 18.5 Å². The number of carbonyl (C=O) groups is 1. The lowest BCUT2D eigenvalue weighted by Crippen LogP contribution is -2.35. The predicted molar refractivity (Wildman–Crippen MR) is 132 cm³/mol. The summed E-state index contributed by atoms with van der Waals surface area (Å²) in [6, 6.07) is 17.2. The SMILES string of the molecule is CCOc1ccc(/C=C/C(=O)N(c2ccc(OC)c(Cl)c2)S(=O)(=O)c2ccccc2)cc1OC.